The fourth-order valence-corrected chi connectivity index (χ4v) is 3.81. The van der Waals surface area contributed by atoms with Crippen LogP contribution in [0, 0.1) is 0 Å². The van der Waals surface area contributed by atoms with Gasteiger partial charge in [0.25, 0.3) is 0 Å². The lowest BCUT2D eigenvalue weighted by atomic mass is 9.88. The van der Waals surface area contributed by atoms with Crippen molar-refractivity contribution in [1.29, 1.82) is 0 Å². The first-order chi connectivity index (χ1) is 14.8. The number of hydrogen-bond donors (Lipinski definition) is 3. The van der Waals surface area contributed by atoms with Crippen molar-refractivity contribution in [3.05, 3.63) is 47.5 Å². The number of nitrogens with zero attached hydrogens (tertiary/aromatic N) is 4. The Morgan fingerprint density at radius 1 is 1.25 bits per heavy atom. The summed E-state index contributed by atoms with van der Waals surface area (Å²) in [7, 11) is 0. The van der Waals surface area contributed by atoms with E-state index in [4.69, 9.17) is 0 Å². The van der Waals surface area contributed by atoms with Gasteiger partial charge in [0.2, 0.25) is 5.91 Å². The topological polar surface area (TPSA) is 96.2 Å². The van der Waals surface area contributed by atoms with Crippen molar-refractivity contribution in [3.63, 3.8) is 0 Å². The average molecular weight is 553 g/mol. The van der Waals surface area contributed by atoms with Crippen molar-refractivity contribution in [2.75, 3.05) is 13.1 Å². The van der Waals surface area contributed by atoms with Gasteiger partial charge in [-0.25, -0.2) is 4.99 Å². The second-order valence-corrected chi connectivity index (χ2v) is 9.04. The lowest BCUT2D eigenvalue weighted by Crippen LogP contribution is -2.47. The number of fused-ring (bicyclic) bond motifs is 1. The van der Waals surface area contributed by atoms with Crippen molar-refractivity contribution in [2.24, 2.45) is 4.99 Å². The van der Waals surface area contributed by atoms with Crippen LogP contribution in [-0.2, 0) is 30.6 Å². The number of benzene rings is 1. The summed E-state index contributed by atoms with van der Waals surface area (Å²) in [6.07, 6.45) is 5.63. The number of halogens is 1. The first kappa shape index (κ1) is 26.1. The summed E-state index contributed by atoms with van der Waals surface area (Å²) in [4.78, 5) is 16.8. The quantitative estimate of drug-likeness (QED) is 0.278. The normalized spacial score (nSPS) is 16.0. The van der Waals surface area contributed by atoms with Crippen LogP contribution in [0.2, 0.25) is 0 Å². The molecule has 0 bridgehead atoms. The maximum atomic E-state index is 12.3. The molecule has 0 radical (unpaired) electrons. The first-order valence-corrected chi connectivity index (χ1v) is 11.1. The fourth-order valence-electron chi connectivity index (χ4n) is 3.81. The lowest BCUT2D eigenvalue weighted by Gasteiger charge is -2.27. The van der Waals surface area contributed by atoms with E-state index in [0.717, 1.165) is 38.1 Å². The number of guanidine groups is 1. The highest BCUT2D eigenvalue weighted by Gasteiger charge is 2.20. The van der Waals surface area contributed by atoms with Crippen LogP contribution in [-0.4, -0.2) is 51.3 Å². The summed E-state index contributed by atoms with van der Waals surface area (Å²) in [5.41, 5.74) is 2.54. The van der Waals surface area contributed by atoms with Crippen molar-refractivity contribution in [3.8, 4) is 0 Å². The van der Waals surface area contributed by atoms with Gasteiger partial charge in [0, 0.05) is 31.1 Å². The zero-order chi connectivity index (χ0) is 22.3. The number of hydrogen-bond acceptors (Lipinski definition) is 4. The van der Waals surface area contributed by atoms with Gasteiger partial charge in [-0.05, 0) is 51.2 Å². The lowest BCUT2D eigenvalue weighted by molar-refractivity contribution is -0.121. The number of aliphatic imine (C=N–C) groups is 1. The number of amides is 1. The minimum atomic E-state index is -0.272. The average Bonchev–Trinajstić information content (AvgIpc) is 3.18. The molecule has 2 aromatic rings. The molecule has 0 aliphatic heterocycles. The highest BCUT2D eigenvalue weighted by atomic mass is 127. The van der Waals surface area contributed by atoms with Gasteiger partial charge in [-0.15, -0.1) is 34.2 Å². The third kappa shape index (κ3) is 8.07. The smallest absolute Gasteiger partial charge is 0.242 e. The van der Waals surface area contributed by atoms with Gasteiger partial charge in [0.1, 0.15) is 18.7 Å². The molecule has 1 aromatic carbocycles. The van der Waals surface area contributed by atoms with Crippen molar-refractivity contribution < 1.29 is 4.79 Å². The molecule has 3 rings (SSSR count). The maximum absolute atomic E-state index is 12.3. The molecular formula is C23H36IN7O. The second kappa shape index (κ2) is 12.2. The number of nitrogens with one attached hydrogen (secondary N) is 3. The third-order valence-corrected chi connectivity index (χ3v) is 5.24. The molecule has 0 spiro atoms. The first-order valence-electron chi connectivity index (χ1n) is 11.1. The predicted molar refractivity (Wildman–Crippen MR) is 138 cm³/mol. The van der Waals surface area contributed by atoms with E-state index in [1.807, 2.05) is 25.3 Å². The van der Waals surface area contributed by atoms with Crippen molar-refractivity contribution >= 4 is 35.8 Å². The Hall–Kier alpha value is -2.17. The van der Waals surface area contributed by atoms with E-state index in [1.54, 1.807) is 6.33 Å². The molecule has 0 saturated carbocycles. The molecule has 9 heteroatoms. The van der Waals surface area contributed by atoms with E-state index < -0.39 is 0 Å². The molecule has 0 saturated heterocycles. The van der Waals surface area contributed by atoms with Gasteiger partial charge in [0.15, 0.2) is 5.96 Å². The monoisotopic (exact) mass is 553 g/mol. The molecule has 32 heavy (non-hydrogen) atoms. The Labute approximate surface area is 208 Å². The molecule has 8 nitrogen and oxygen atoms in total. The molecule has 1 amide bonds. The Kier molecular flexibility index (Phi) is 9.92. The van der Waals surface area contributed by atoms with Crippen LogP contribution in [0.5, 0.6) is 0 Å². The summed E-state index contributed by atoms with van der Waals surface area (Å²) in [6.45, 7) is 9.46. The van der Waals surface area contributed by atoms with E-state index in [0.29, 0.717) is 12.5 Å². The van der Waals surface area contributed by atoms with Crippen molar-refractivity contribution in [2.45, 2.75) is 71.5 Å². The van der Waals surface area contributed by atoms with Crippen LogP contribution < -0.4 is 16.0 Å². The van der Waals surface area contributed by atoms with E-state index in [9.17, 15) is 4.79 Å². The Bertz CT molecular complexity index is 904. The summed E-state index contributed by atoms with van der Waals surface area (Å²) < 4.78 is 2.04. The Morgan fingerprint density at radius 2 is 2.00 bits per heavy atom. The number of carbonyl (C=O) groups is 1. The zero-order valence-electron chi connectivity index (χ0n) is 19.5. The second-order valence-electron chi connectivity index (χ2n) is 9.04. The summed E-state index contributed by atoms with van der Waals surface area (Å²) in [6, 6.07) is 8.89. The van der Waals surface area contributed by atoms with Gasteiger partial charge in [-0.3, -0.25) is 4.79 Å². The van der Waals surface area contributed by atoms with Gasteiger partial charge in [0.05, 0.1) is 0 Å². The molecule has 1 atom stereocenters. The minimum Gasteiger partial charge on any atom is -0.355 e. The largest absolute Gasteiger partial charge is 0.355 e. The predicted octanol–water partition coefficient (Wildman–Crippen LogP) is 2.47. The van der Waals surface area contributed by atoms with Crippen LogP contribution in [0.1, 0.15) is 51.1 Å². The van der Waals surface area contributed by atoms with E-state index in [-0.39, 0.29) is 48.0 Å². The molecule has 176 valence electrons. The summed E-state index contributed by atoms with van der Waals surface area (Å²) in [5, 5.41) is 18.0. The molecule has 1 aliphatic carbocycles. The molecule has 0 fully saturated rings. The van der Waals surface area contributed by atoms with E-state index in [1.165, 1.54) is 11.1 Å². The van der Waals surface area contributed by atoms with Gasteiger partial charge in [-0.1, -0.05) is 31.2 Å². The van der Waals surface area contributed by atoms with Crippen LogP contribution in [0.15, 0.2) is 35.6 Å². The molecule has 1 aliphatic rings. The van der Waals surface area contributed by atoms with E-state index >= 15 is 0 Å². The van der Waals surface area contributed by atoms with Gasteiger partial charge >= 0.3 is 0 Å². The number of aryl methyl sites for hydroxylation is 2. The van der Waals surface area contributed by atoms with Crippen LogP contribution in [0.4, 0.5) is 0 Å². The number of rotatable bonds is 7. The third-order valence-electron chi connectivity index (χ3n) is 5.24. The highest BCUT2D eigenvalue weighted by Crippen LogP contribution is 2.20. The molecule has 1 aromatic heterocycles. The van der Waals surface area contributed by atoms with Gasteiger partial charge < -0.3 is 20.5 Å². The molecule has 3 N–H and O–H groups in total. The SMILES string of the molecule is CCc1nncn1CCNC(=NCC(=O)NC(C)(C)C)NC1CCc2ccccc2C1.I. The zero-order valence-corrected chi connectivity index (χ0v) is 21.8. The van der Waals surface area contributed by atoms with Crippen LogP contribution in [0.3, 0.4) is 0 Å². The minimum absolute atomic E-state index is 0. The number of carbonyl (C=O) groups excluding carboxylic acids is 1. The fraction of sp³-hybridized carbons (Fsp3) is 0.565. The number of aromatic nitrogens is 3. The van der Waals surface area contributed by atoms with Crippen LogP contribution >= 0.6 is 24.0 Å². The van der Waals surface area contributed by atoms with Gasteiger partial charge in [-0.2, -0.15) is 0 Å². The maximum Gasteiger partial charge on any atom is 0.242 e. The Balaban J connectivity index is 0.00000363. The molecular weight excluding hydrogens is 517 g/mol. The molecule has 1 heterocycles. The Morgan fingerprint density at radius 3 is 2.72 bits per heavy atom. The van der Waals surface area contributed by atoms with Crippen molar-refractivity contribution in [1.82, 2.24) is 30.7 Å². The summed E-state index contributed by atoms with van der Waals surface area (Å²) >= 11 is 0. The van der Waals surface area contributed by atoms with E-state index in [2.05, 4.69) is 62.3 Å². The highest BCUT2D eigenvalue weighted by molar-refractivity contribution is 14.0. The molecule has 1 unspecified atom stereocenters. The van der Waals surface area contributed by atoms with Crippen LogP contribution in [0.25, 0.3) is 0 Å². The standard InChI is InChI=1S/C23H35N7O.HI/c1-5-20-29-26-16-30(20)13-12-24-22(25-15-21(31)28-23(2,3)4)27-19-11-10-17-8-6-7-9-18(17)14-19;/h6-9,16,19H,5,10-15H2,1-4H3,(H,28,31)(H2,24,25,27);1H. The summed E-state index contributed by atoms with van der Waals surface area (Å²) in [5.74, 6) is 1.54.